The molecule has 2 heterocycles. The van der Waals surface area contributed by atoms with Crippen LogP contribution in [0.3, 0.4) is 0 Å². The van der Waals surface area contributed by atoms with E-state index in [-0.39, 0.29) is 28.5 Å². The van der Waals surface area contributed by atoms with Crippen molar-refractivity contribution in [2.75, 3.05) is 0 Å². The van der Waals surface area contributed by atoms with E-state index < -0.39 is 29.6 Å². The first-order valence-electron chi connectivity index (χ1n) is 10.4. The number of hydrogen-bond acceptors (Lipinski definition) is 6. The van der Waals surface area contributed by atoms with E-state index in [1.54, 1.807) is 0 Å². The molecule has 1 aromatic carbocycles. The minimum atomic E-state index is -4.73. The third kappa shape index (κ3) is 6.04. The summed E-state index contributed by atoms with van der Waals surface area (Å²) in [6.07, 6.45) is -0.368. The topological polar surface area (TPSA) is 155 Å². The molecule has 37 heavy (non-hydrogen) atoms. The number of aliphatic imine (C=N–C) groups is 2. The molecular formula is C22H19BrF5N9. The van der Waals surface area contributed by atoms with Gasteiger partial charge in [0.1, 0.15) is 12.2 Å². The van der Waals surface area contributed by atoms with Gasteiger partial charge in [0.25, 0.3) is 0 Å². The van der Waals surface area contributed by atoms with E-state index in [1.807, 2.05) is 6.92 Å². The minimum absolute atomic E-state index is 0.117. The molecule has 194 valence electrons. The summed E-state index contributed by atoms with van der Waals surface area (Å²) < 4.78 is 66.0. The molecule has 3 aromatic rings. The summed E-state index contributed by atoms with van der Waals surface area (Å²) in [5.74, 6) is 1.49. The number of benzene rings is 1. The van der Waals surface area contributed by atoms with Crippen LogP contribution >= 0.6 is 15.9 Å². The highest BCUT2D eigenvalue weighted by Gasteiger charge is 2.35. The highest BCUT2D eigenvalue weighted by Crippen LogP contribution is 2.39. The molecule has 0 aliphatic rings. The number of nitrogens with one attached hydrogen (secondary N) is 2. The summed E-state index contributed by atoms with van der Waals surface area (Å²) in [6.45, 7) is 1.81. The number of halogens is 6. The van der Waals surface area contributed by atoms with Crippen LogP contribution in [0.1, 0.15) is 36.5 Å². The molecule has 0 aliphatic carbocycles. The molecule has 0 saturated heterocycles. The molecular weight excluding hydrogens is 565 g/mol. The molecule has 0 aliphatic heterocycles. The molecule has 15 heteroatoms. The summed E-state index contributed by atoms with van der Waals surface area (Å²) in [7, 11) is 0. The average molecular weight is 584 g/mol. The highest BCUT2D eigenvalue weighted by molar-refractivity contribution is 9.10. The molecule has 0 saturated carbocycles. The number of nitrogens with two attached hydrogens (primary N) is 2. The number of nitrogens with zero attached hydrogens (tertiary/aromatic N) is 5. The molecule has 1 atom stereocenters. The van der Waals surface area contributed by atoms with Gasteiger partial charge in [-0.2, -0.15) is 18.3 Å². The Morgan fingerprint density at radius 2 is 1.89 bits per heavy atom. The lowest BCUT2D eigenvalue weighted by atomic mass is 9.96. The molecule has 0 fully saturated rings. The van der Waals surface area contributed by atoms with Crippen LogP contribution in [0.2, 0.25) is 0 Å². The second kappa shape index (κ2) is 11.4. The zero-order valence-electron chi connectivity index (χ0n) is 19.0. The van der Waals surface area contributed by atoms with Gasteiger partial charge in [-0.15, -0.1) is 0 Å². The Morgan fingerprint density at radius 3 is 2.43 bits per heavy atom. The SMILES string of the molecule is CCC(C(C=Nc1ccc(F)c(F)c1)=NN)c1[nH]c(C(N)=NC=N)c(-c2cnc(C(F)(F)F)nc2)c1Br. The van der Waals surface area contributed by atoms with Crippen molar-refractivity contribution >= 4 is 45.7 Å². The molecule has 0 spiro atoms. The minimum Gasteiger partial charge on any atom is -0.382 e. The molecule has 0 radical (unpaired) electrons. The standard InChI is InChI=1S/C22H19BrF5N9/c1-2-12(15(37-31)8-32-11-3-4-13(24)14(25)5-11)18-17(23)16(19(36-18)20(30)35-9-29)10-6-33-21(34-7-10)22(26,27)28/h3-9,12,36H,2,31H2,1H3,(H3,29,30,35). The maximum atomic E-state index is 13.5. The van der Waals surface area contributed by atoms with Crippen LogP contribution in [-0.2, 0) is 6.18 Å². The van der Waals surface area contributed by atoms with Gasteiger partial charge in [-0.1, -0.05) is 6.92 Å². The molecule has 1 unspecified atom stereocenters. The first-order valence-corrected chi connectivity index (χ1v) is 11.2. The normalized spacial score (nSPS) is 13.8. The molecule has 0 bridgehead atoms. The van der Waals surface area contributed by atoms with Crippen LogP contribution in [0, 0.1) is 17.0 Å². The van der Waals surface area contributed by atoms with Gasteiger partial charge in [-0.25, -0.2) is 23.7 Å². The third-order valence-electron chi connectivity index (χ3n) is 5.13. The monoisotopic (exact) mass is 583 g/mol. The van der Waals surface area contributed by atoms with Gasteiger partial charge in [0.15, 0.2) is 11.6 Å². The van der Waals surface area contributed by atoms with Gasteiger partial charge < -0.3 is 16.6 Å². The van der Waals surface area contributed by atoms with Crippen molar-refractivity contribution in [3.05, 3.63) is 63.9 Å². The van der Waals surface area contributed by atoms with E-state index in [1.165, 1.54) is 12.3 Å². The van der Waals surface area contributed by atoms with Crippen LogP contribution in [0.5, 0.6) is 0 Å². The summed E-state index contributed by atoms with van der Waals surface area (Å²) in [5.41, 5.74) is 7.47. The maximum absolute atomic E-state index is 13.5. The fourth-order valence-electron chi connectivity index (χ4n) is 3.42. The Morgan fingerprint density at radius 1 is 1.22 bits per heavy atom. The molecule has 0 amide bonds. The first-order chi connectivity index (χ1) is 17.5. The van der Waals surface area contributed by atoms with Gasteiger partial charge in [-0.3, -0.25) is 10.4 Å². The predicted octanol–water partition coefficient (Wildman–Crippen LogP) is 5.05. The Bertz CT molecular complexity index is 1380. The van der Waals surface area contributed by atoms with Crippen LogP contribution in [0.25, 0.3) is 11.1 Å². The van der Waals surface area contributed by atoms with E-state index in [0.717, 1.165) is 24.5 Å². The number of alkyl halides is 3. The van der Waals surface area contributed by atoms with Gasteiger partial charge in [0.2, 0.25) is 5.82 Å². The number of hydrazone groups is 1. The molecule has 2 aromatic heterocycles. The number of aromatic nitrogens is 3. The van der Waals surface area contributed by atoms with Crippen LogP contribution in [0.15, 0.2) is 50.2 Å². The quantitative estimate of drug-likeness (QED) is 0.0962. The second-order valence-electron chi connectivity index (χ2n) is 7.41. The zero-order valence-corrected chi connectivity index (χ0v) is 20.6. The Balaban J connectivity index is 2.10. The van der Waals surface area contributed by atoms with Gasteiger partial charge in [0, 0.05) is 45.7 Å². The van der Waals surface area contributed by atoms with Crippen molar-refractivity contribution in [2.24, 2.45) is 26.7 Å². The number of aromatic amines is 1. The number of hydrogen-bond donors (Lipinski definition) is 4. The molecule has 3 rings (SSSR count). The lowest BCUT2D eigenvalue weighted by molar-refractivity contribution is -0.144. The van der Waals surface area contributed by atoms with Gasteiger partial charge >= 0.3 is 6.18 Å². The molecule has 6 N–H and O–H groups in total. The van der Waals surface area contributed by atoms with E-state index in [0.29, 0.717) is 28.5 Å². The number of H-pyrrole nitrogens is 1. The van der Waals surface area contributed by atoms with Crippen LogP contribution in [-0.4, -0.2) is 39.1 Å². The highest BCUT2D eigenvalue weighted by atomic mass is 79.9. The van der Waals surface area contributed by atoms with Gasteiger partial charge in [-0.05, 0) is 34.5 Å². The smallest absolute Gasteiger partial charge is 0.382 e. The van der Waals surface area contributed by atoms with E-state index >= 15 is 0 Å². The average Bonchev–Trinajstić information content (AvgIpc) is 3.20. The van der Waals surface area contributed by atoms with Crippen LogP contribution in [0.4, 0.5) is 27.6 Å². The lowest BCUT2D eigenvalue weighted by Crippen LogP contribution is -2.18. The Hall–Kier alpha value is -4.01. The van der Waals surface area contributed by atoms with Crippen molar-refractivity contribution in [1.29, 1.82) is 5.41 Å². The Kier molecular flexibility index (Phi) is 8.47. The number of rotatable bonds is 8. The van der Waals surface area contributed by atoms with Gasteiger partial charge in [0.05, 0.1) is 23.3 Å². The van der Waals surface area contributed by atoms with Crippen molar-refractivity contribution in [1.82, 2.24) is 15.0 Å². The van der Waals surface area contributed by atoms with E-state index in [4.69, 9.17) is 17.0 Å². The fraction of sp³-hybridized carbons (Fsp3) is 0.182. The van der Waals surface area contributed by atoms with E-state index in [9.17, 15) is 22.0 Å². The first kappa shape index (κ1) is 27.6. The summed E-state index contributed by atoms with van der Waals surface area (Å²) >= 11 is 3.46. The molecule has 9 nitrogen and oxygen atoms in total. The lowest BCUT2D eigenvalue weighted by Gasteiger charge is -2.14. The third-order valence-corrected chi connectivity index (χ3v) is 5.96. The summed E-state index contributed by atoms with van der Waals surface area (Å²) in [6, 6.07) is 3.10. The largest absolute Gasteiger partial charge is 0.451 e. The zero-order chi connectivity index (χ0) is 27.3. The van der Waals surface area contributed by atoms with Crippen molar-refractivity contribution in [3.63, 3.8) is 0 Å². The predicted molar refractivity (Wildman–Crippen MR) is 133 cm³/mol. The van der Waals surface area contributed by atoms with E-state index in [2.05, 4.69) is 46.0 Å². The van der Waals surface area contributed by atoms with Crippen LogP contribution < -0.4 is 11.6 Å². The summed E-state index contributed by atoms with van der Waals surface area (Å²) in [4.78, 5) is 17.7. The number of amidine groups is 1. The van der Waals surface area contributed by atoms with Crippen molar-refractivity contribution in [3.8, 4) is 11.1 Å². The maximum Gasteiger partial charge on any atom is 0.451 e. The Labute approximate surface area is 215 Å². The summed E-state index contributed by atoms with van der Waals surface area (Å²) in [5, 5.41) is 11.0. The fourth-order valence-corrected chi connectivity index (χ4v) is 4.22. The van der Waals surface area contributed by atoms with Crippen molar-refractivity contribution < 1.29 is 22.0 Å². The van der Waals surface area contributed by atoms with Crippen molar-refractivity contribution in [2.45, 2.75) is 25.4 Å². The second-order valence-corrected chi connectivity index (χ2v) is 8.20.